The molecule has 0 heterocycles. The first-order chi connectivity index (χ1) is 17.1. The van der Waals surface area contributed by atoms with Gasteiger partial charge in [0.25, 0.3) is 0 Å². The Kier molecular flexibility index (Phi) is 9.45. The van der Waals surface area contributed by atoms with Crippen molar-refractivity contribution in [2.75, 3.05) is 0 Å². The monoisotopic (exact) mass is 488 g/mol. The first-order valence-corrected chi connectivity index (χ1v) is 10.5. The maximum atomic E-state index is 11.8. The molecule has 0 aromatic heterocycles. The van der Waals surface area contributed by atoms with Crippen LogP contribution in [0.4, 0.5) is 0 Å². The molecule has 0 unspecified atom stereocenters. The van der Waals surface area contributed by atoms with Crippen molar-refractivity contribution in [2.45, 2.75) is 13.8 Å². The van der Waals surface area contributed by atoms with Gasteiger partial charge in [0.05, 0.1) is 0 Å². The lowest BCUT2D eigenvalue weighted by Gasteiger charge is -2.14. The highest BCUT2D eigenvalue weighted by molar-refractivity contribution is 5.92. The van der Waals surface area contributed by atoms with Crippen LogP contribution in [0.1, 0.15) is 25.0 Å². The molecule has 0 amide bonds. The van der Waals surface area contributed by atoms with E-state index < -0.39 is 23.9 Å². The molecule has 0 aliphatic heterocycles. The summed E-state index contributed by atoms with van der Waals surface area (Å²) >= 11 is 0. The zero-order chi connectivity index (χ0) is 26.8. The quantitative estimate of drug-likeness (QED) is 0.199. The molecule has 8 nitrogen and oxygen atoms in total. The minimum absolute atomic E-state index is 0.00554. The topological polar surface area (TPSA) is 105 Å². The van der Waals surface area contributed by atoms with Gasteiger partial charge < -0.3 is 18.9 Å². The van der Waals surface area contributed by atoms with E-state index in [1.54, 1.807) is 32.0 Å². The van der Waals surface area contributed by atoms with Crippen molar-refractivity contribution < 1.29 is 38.1 Å². The Morgan fingerprint density at radius 1 is 0.556 bits per heavy atom. The summed E-state index contributed by atoms with van der Waals surface area (Å²) in [7, 11) is 0. The minimum atomic E-state index is -0.744. The lowest BCUT2D eigenvalue weighted by molar-refractivity contribution is -0.131. The number of benzene rings is 2. The summed E-state index contributed by atoms with van der Waals surface area (Å²) < 4.78 is 20.8. The van der Waals surface area contributed by atoms with Crippen molar-refractivity contribution in [2.24, 2.45) is 0 Å². The Labute approximate surface area is 208 Å². The molecular formula is C28H24O8. The van der Waals surface area contributed by atoms with E-state index in [4.69, 9.17) is 18.9 Å². The second kappa shape index (κ2) is 12.5. The molecule has 0 radical (unpaired) electrons. The van der Waals surface area contributed by atoms with Crippen LogP contribution in [0, 0.1) is 0 Å². The molecule has 0 atom stereocenters. The highest BCUT2D eigenvalue weighted by Crippen LogP contribution is 2.36. The molecule has 0 spiro atoms. The predicted molar refractivity (Wildman–Crippen MR) is 134 cm³/mol. The zero-order valence-electron chi connectivity index (χ0n) is 19.9. The van der Waals surface area contributed by atoms with Crippen LogP contribution in [0.2, 0.25) is 0 Å². The highest BCUT2D eigenvalue weighted by Gasteiger charge is 2.16. The number of carbonyl (C=O) groups is 4. The van der Waals surface area contributed by atoms with Gasteiger partial charge in [-0.3, -0.25) is 0 Å². The van der Waals surface area contributed by atoms with Gasteiger partial charge in [0.15, 0.2) is 11.5 Å². The third kappa shape index (κ3) is 7.26. The molecule has 0 fully saturated rings. The second-order valence-corrected chi connectivity index (χ2v) is 7.11. The highest BCUT2D eigenvalue weighted by atomic mass is 16.6. The summed E-state index contributed by atoms with van der Waals surface area (Å²) in [6.07, 6.45) is 3.96. The number of carbonyl (C=O) groups excluding carboxylic acids is 4. The molecule has 0 aliphatic carbocycles. The molecule has 0 N–H and O–H groups in total. The average molecular weight is 488 g/mol. The Hall–Kier alpha value is -4.98. The van der Waals surface area contributed by atoms with Gasteiger partial charge in [-0.2, -0.15) is 0 Å². The van der Waals surface area contributed by atoms with Crippen molar-refractivity contribution in [3.63, 3.8) is 0 Å². The summed E-state index contributed by atoms with van der Waals surface area (Å²) in [5, 5.41) is 0. The van der Waals surface area contributed by atoms with Crippen LogP contribution in [0.25, 0.3) is 11.1 Å². The first-order valence-electron chi connectivity index (χ1n) is 10.5. The first kappa shape index (κ1) is 27.3. The van der Waals surface area contributed by atoms with Crippen molar-refractivity contribution in [1.82, 2.24) is 0 Å². The zero-order valence-corrected chi connectivity index (χ0v) is 19.9. The van der Waals surface area contributed by atoms with Crippen LogP contribution in [-0.2, 0) is 19.2 Å². The number of hydrogen-bond donors (Lipinski definition) is 0. The summed E-state index contributed by atoms with van der Waals surface area (Å²) in [6.45, 7) is 17.1. The molecule has 8 heteroatoms. The van der Waals surface area contributed by atoms with Gasteiger partial charge in [-0.05, 0) is 60.4 Å². The third-order valence-electron chi connectivity index (χ3n) is 4.78. The van der Waals surface area contributed by atoms with Gasteiger partial charge in [-0.25, -0.2) is 19.2 Å². The van der Waals surface area contributed by atoms with E-state index in [1.165, 1.54) is 18.2 Å². The average Bonchev–Trinajstić information content (AvgIpc) is 2.88. The Morgan fingerprint density at radius 3 is 1.44 bits per heavy atom. The lowest BCUT2D eigenvalue weighted by Crippen LogP contribution is -2.09. The van der Waals surface area contributed by atoms with Crippen molar-refractivity contribution >= 4 is 35.0 Å². The third-order valence-corrected chi connectivity index (χ3v) is 4.78. The van der Waals surface area contributed by atoms with Crippen LogP contribution < -0.4 is 18.9 Å². The SMILES string of the molecule is C=CC(=O)Oc1cc(OC(=O)C=C)cc(/C(C)=C(\C)c2ccc(OC(=O)C=C)c(OC(=O)C=C)c2)c1. The molecule has 0 bridgehead atoms. The fourth-order valence-electron chi connectivity index (χ4n) is 2.86. The Bertz CT molecular complexity index is 1260. The Morgan fingerprint density at radius 2 is 0.972 bits per heavy atom. The molecule has 0 aliphatic rings. The second-order valence-electron chi connectivity index (χ2n) is 7.11. The van der Waals surface area contributed by atoms with E-state index >= 15 is 0 Å². The van der Waals surface area contributed by atoms with Crippen LogP contribution in [0.15, 0.2) is 87.0 Å². The smallest absolute Gasteiger partial charge is 0.335 e. The lowest BCUT2D eigenvalue weighted by atomic mass is 9.96. The van der Waals surface area contributed by atoms with Crippen LogP contribution in [-0.4, -0.2) is 23.9 Å². The number of allylic oxidation sites excluding steroid dienone is 2. The molecule has 2 aromatic carbocycles. The maximum absolute atomic E-state index is 11.8. The number of rotatable bonds is 10. The molecule has 2 rings (SSSR count). The van der Waals surface area contributed by atoms with E-state index in [1.807, 2.05) is 0 Å². The van der Waals surface area contributed by atoms with Gasteiger partial charge in [-0.15, -0.1) is 0 Å². The molecule has 2 aromatic rings. The molecule has 36 heavy (non-hydrogen) atoms. The Balaban J connectivity index is 2.60. The van der Waals surface area contributed by atoms with Crippen LogP contribution >= 0.6 is 0 Å². The maximum Gasteiger partial charge on any atom is 0.335 e. The standard InChI is InChI=1S/C28H24O8/c1-7-25(29)33-21-13-20(14-22(16-21)34-26(30)8-2)18(6)17(5)19-11-12-23(35-27(31)9-3)24(15-19)36-28(32)10-4/h7-16H,1-4H2,5-6H3/b18-17+. The van der Waals surface area contributed by atoms with Gasteiger partial charge in [0, 0.05) is 30.4 Å². The van der Waals surface area contributed by atoms with E-state index in [9.17, 15) is 19.2 Å². The number of ether oxygens (including phenoxy) is 4. The van der Waals surface area contributed by atoms with E-state index in [-0.39, 0.29) is 23.0 Å². The van der Waals surface area contributed by atoms with E-state index in [0.29, 0.717) is 16.7 Å². The van der Waals surface area contributed by atoms with Crippen molar-refractivity contribution in [1.29, 1.82) is 0 Å². The summed E-state index contributed by atoms with van der Waals surface area (Å²) in [5.41, 5.74) is 2.62. The van der Waals surface area contributed by atoms with Gasteiger partial charge in [0.1, 0.15) is 11.5 Å². The summed E-state index contributed by atoms with van der Waals surface area (Å²) in [4.78, 5) is 46.9. The molecular weight excluding hydrogens is 464 g/mol. The largest absolute Gasteiger partial charge is 0.423 e. The van der Waals surface area contributed by atoms with Gasteiger partial charge >= 0.3 is 23.9 Å². The minimum Gasteiger partial charge on any atom is -0.423 e. The fraction of sp³-hybridized carbons (Fsp3) is 0.0714. The number of esters is 4. The number of hydrogen-bond acceptors (Lipinski definition) is 8. The van der Waals surface area contributed by atoms with Crippen LogP contribution in [0.5, 0.6) is 23.0 Å². The van der Waals surface area contributed by atoms with E-state index in [0.717, 1.165) is 29.9 Å². The molecule has 0 saturated heterocycles. The van der Waals surface area contributed by atoms with Gasteiger partial charge in [-0.1, -0.05) is 32.4 Å². The molecule has 184 valence electrons. The normalized spacial score (nSPS) is 10.7. The van der Waals surface area contributed by atoms with Crippen molar-refractivity contribution in [3.05, 3.63) is 98.1 Å². The molecule has 0 saturated carbocycles. The predicted octanol–water partition coefficient (Wildman–Crippen LogP) is 5.00. The van der Waals surface area contributed by atoms with Gasteiger partial charge in [0.2, 0.25) is 0 Å². The van der Waals surface area contributed by atoms with E-state index in [2.05, 4.69) is 26.3 Å². The summed E-state index contributed by atoms with van der Waals surface area (Å²) in [6, 6.07) is 9.21. The summed E-state index contributed by atoms with van der Waals surface area (Å²) in [5.74, 6) is -2.58. The van der Waals surface area contributed by atoms with Crippen molar-refractivity contribution in [3.8, 4) is 23.0 Å². The van der Waals surface area contributed by atoms with Crippen LogP contribution in [0.3, 0.4) is 0 Å². The fourth-order valence-corrected chi connectivity index (χ4v) is 2.86.